The van der Waals surface area contributed by atoms with E-state index in [1.54, 1.807) is 0 Å². The number of methoxy groups -OCH3 is 1. The lowest BCUT2D eigenvalue weighted by molar-refractivity contribution is -0.145. The maximum atomic E-state index is 11.6. The Hall–Kier alpha value is -1.06. The Balaban J connectivity index is 2.37. The molecule has 3 atom stereocenters. The van der Waals surface area contributed by atoms with Crippen LogP contribution in [0.1, 0.15) is 39.5 Å². The van der Waals surface area contributed by atoms with E-state index in [0.717, 1.165) is 25.7 Å². The molecule has 92 valence electrons. The molecule has 1 amide bonds. The molecule has 0 aliphatic heterocycles. The maximum absolute atomic E-state index is 11.6. The number of nitrogens with one attached hydrogen (secondary N) is 1. The van der Waals surface area contributed by atoms with Crippen molar-refractivity contribution < 1.29 is 14.3 Å². The predicted molar refractivity (Wildman–Crippen MR) is 60.7 cm³/mol. The van der Waals surface area contributed by atoms with Crippen LogP contribution < -0.4 is 5.32 Å². The number of ether oxygens (including phenoxy) is 1. The van der Waals surface area contributed by atoms with Gasteiger partial charge in [0.2, 0.25) is 5.91 Å². The lowest BCUT2D eigenvalue weighted by atomic mass is 10.1. The van der Waals surface area contributed by atoms with E-state index < -0.39 is 0 Å². The van der Waals surface area contributed by atoms with Crippen LogP contribution in [0.15, 0.2) is 0 Å². The second kappa shape index (κ2) is 5.87. The van der Waals surface area contributed by atoms with Crippen molar-refractivity contribution in [3.63, 3.8) is 0 Å². The van der Waals surface area contributed by atoms with Crippen molar-refractivity contribution in [2.45, 2.75) is 45.6 Å². The van der Waals surface area contributed by atoms with Crippen LogP contribution in [-0.2, 0) is 14.3 Å². The van der Waals surface area contributed by atoms with Crippen molar-refractivity contribution in [3.8, 4) is 0 Å². The zero-order valence-electron chi connectivity index (χ0n) is 10.3. The molecular weight excluding hydrogens is 206 g/mol. The maximum Gasteiger partial charge on any atom is 0.308 e. The van der Waals surface area contributed by atoms with Crippen molar-refractivity contribution in [1.82, 2.24) is 5.32 Å². The summed E-state index contributed by atoms with van der Waals surface area (Å²) in [5.41, 5.74) is 0. The molecule has 0 aromatic carbocycles. The summed E-state index contributed by atoms with van der Waals surface area (Å²) in [4.78, 5) is 22.9. The third kappa shape index (κ3) is 3.22. The molecule has 1 aliphatic carbocycles. The standard InChI is InChI=1S/C12H21NO3/c1-4-8(2)11(14)13-10-6-5-9(7-10)12(15)16-3/h8-10H,4-7H2,1-3H3,(H,13,14)/t8-,9-,10+/m0/s1. The topological polar surface area (TPSA) is 55.4 Å². The highest BCUT2D eigenvalue weighted by molar-refractivity contribution is 5.79. The highest BCUT2D eigenvalue weighted by Crippen LogP contribution is 2.26. The van der Waals surface area contributed by atoms with Crippen molar-refractivity contribution >= 4 is 11.9 Å². The third-order valence-corrected chi connectivity index (χ3v) is 3.37. The molecule has 0 aromatic rings. The van der Waals surface area contributed by atoms with Gasteiger partial charge in [-0.25, -0.2) is 0 Å². The summed E-state index contributed by atoms with van der Waals surface area (Å²) < 4.78 is 4.70. The van der Waals surface area contributed by atoms with Crippen molar-refractivity contribution in [1.29, 1.82) is 0 Å². The molecule has 0 unspecified atom stereocenters. The minimum atomic E-state index is -0.153. The first-order valence-electron chi connectivity index (χ1n) is 5.96. The van der Waals surface area contributed by atoms with E-state index in [2.05, 4.69) is 5.32 Å². The number of hydrogen-bond donors (Lipinski definition) is 1. The molecule has 0 saturated heterocycles. The van der Waals surface area contributed by atoms with Crippen LogP contribution in [0.2, 0.25) is 0 Å². The van der Waals surface area contributed by atoms with Crippen LogP contribution in [0.5, 0.6) is 0 Å². The lowest BCUT2D eigenvalue weighted by Gasteiger charge is -2.15. The van der Waals surface area contributed by atoms with Gasteiger partial charge in [0.15, 0.2) is 0 Å². The molecule has 1 aliphatic rings. The van der Waals surface area contributed by atoms with Gasteiger partial charge in [-0.1, -0.05) is 13.8 Å². The molecule has 0 bridgehead atoms. The molecule has 0 aromatic heterocycles. The smallest absolute Gasteiger partial charge is 0.308 e. The fourth-order valence-corrected chi connectivity index (χ4v) is 2.02. The van der Waals surface area contributed by atoms with E-state index in [1.807, 2.05) is 13.8 Å². The highest BCUT2D eigenvalue weighted by Gasteiger charge is 2.31. The van der Waals surface area contributed by atoms with Crippen LogP contribution in [-0.4, -0.2) is 25.0 Å². The molecule has 4 nitrogen and oxygen atoms in total. The van der Waals surface area contributed by atoms with E-state index in [1.165, 1.54) is 7.11 Å². The number of esters is 1. The normalized spacial score (nSPS) is 26.2. The second-order valence-corrected chi connectivity index (χ2v) is 4.55. The number of hydrogen-bond acceptors (Lipinski definition) is 3. The summed E-state index contributed by atoms with van der Waals surface area (Å²) in [6.45, 7) is 3.91. The van der Waals surface area contributed by atoms with Crippen LogP contribution in [0.25, 0.3) is 0 Å². The van der Waals surface area contributed by atoms with E-state index in [-0.39, 0.29) is 29.8 Å². The molecule has 1 rings (SSSR count). The molecule has 0 heterocycles. The number of carbonyl (C=O) groups excluding carboxylic acids is 2. The van der Waals surface area contributed by atoms with Crippen LogP contribution in [0.4, 0.5) is 0 Å². The fraction of sp³-hybridized carbons (Fsp3) is 0.833. The summed E-state index contributed by atoms with van der Waals surface area (Å²) in [5.74, 6) is -0.0392. The van der Waals surface area contributed by atoms with Gasteiger partial charge < -0.3 is 10.1 Å². The fourth-order valence-electron chi connectivity index (χ4n) is 2.02. The second-order valence-electron chi connectivity index (χ2n) is 4.55. The van der Waals surface area contributed by atoms with Crippen molar-refractivity contribution in [2.75, 3.05) is 7.11 Å². The van der Waals surface area contributed by atoms with E-state index >= 15 is 0 Å². The minimum Gasteiger partial charge on any atom is -0.469 e. The molecular formula is C12H21NO3. The first kappa shape index (κ1) is 13.0. The predicted octanol–water partition coefficient (Wildman–Crippen LogP) is 1.49. The van der Waals surface area contributed by atoms with Gasteiger partial charge in [-0.15, -0.1) is 0 Å². The average Bonchev–Trinajstić information content (AvgIpc) is 2.75. The zero-order valence-corrected chi connectivity index (χ0v) is 10.3. The van der Waals surface area contributed by atoms with E-state index in [4.69, 9.17) is 4.74 Å². The number of amides is 1. The summed E-state index contributed by atoms with van der Waals surface area (Å²) in [7, 11) is 1.41. The zero-order chi connectivity index (χ0) is 12.1. The van der Waals surface area contributed by atoms with Crippen LogP contribution in [0.3, 0.4) is 0 Å². The summed E-state index contributed by atoms with van der Waals surface area (Å²) in [5, 5.41) is 2.99. The molecule has 0 spiro atoms. The quantitative estimate of drug-likeness (QED) is 0.740. The molecule has 1 fully saturated rings. The Bertz CT molecular complexity index is 265. The summed E-state index contributed by atoms with van der Waals surface area (Å²) in [6.07, 6.45) is 3.26. The van der Waals surface area contributed by atoms with Gasteiger partial charge in [0.1, 0.15) is 0 Å². The highest BCUT2D eigenvalue weighted by atomic mass is 16.5. The monoisotopic (exact) mass is 227 g/mol. The average molecular weight is 227 g/mol. The molecule has 1 N–H and O–H groups in total. The SMILES string of the molecule is CC[C@H](C)C(=O)N[C@@H]1CC[C@H](C(=O)OC)C1. The molecule has 0 radical (unpaired) electrons. The van der Waals surface area contributed by atoms with Gasteiger partial charge in [0.25, 0.3) is 0 Å². The van der Waals surface area contributed by atoms with Gasteiger partial charge in [-0.05, 0) is 25.7 Å². The van der Waals surface area contributed by atoms with Crippen molar-refractivity contribution in [3.05, 3.63) is 0 Å². The Kier molecular flexibility index (Phi) is 4.77. The Morgan fingerprint density at radius 2 is 2.12 bits per heavy atom. The first-order chi connectivity index (χ1) is 7.58. The van der Waals surface area contributed by atoms with Crippen molar-refractivity contribution in [2.24, 2.45) is 11.8 Å². The van der Waals surface area contributed by atoms with Gasteiger partial charge >= 0.3 is 5.97 Å². The summed E-state index contributed by atoms with van der Waals surface area (Å²) >= 11 is 0. The third-order valence-electron chi connectivity index (χ3n) is 3.37. The number of carbonyl (C=O) groups is 2. The summed E-state index contributed by atoms with van der Waals surface area (Å²) in [6, 6.07) is 0.144. The van der Waals surface area contributed by atoms with E-state index in [0.29, 0.717) is 0 Å². The lowest BCUT2D eigenvalue weighted by Crippen LogP contribution is -2.36. The Morgan fingerprint density at radius 1 is 1.44 bits per heavy atom. The van der Waals surface area contributed by atoms with Crippen LogP contribution in [0, 0.1) is 11.8 Å². The largest absolute Gasteiger partial charge is 0.469 e. The van der Waals surface area contributed by atoms with Gasteiger partial charge in [-0.3, -0.25) is 9.59 Å². The van der Waals surface area contributed by atoms with Gasteiger partial charge in [0.05, 0.1) is 13.0 Å². The molecule has 16 heavy (non-hydrogen) atoms. The van der Waals surface area contributed by atoms with Crippen LogP contribution >= 0.6 is 0 Å². The Labute approximate surface area is 96.7 Å². The van der Waals surface area contributed by atoms with Gasteiger partial charge in [-0.2, -0.15) is 0 Å². The first-order valence-corrected chi connectivity index (χ1v) is 5.96. The molecule has 1 saturated carbocycles. The van der Waals surface area contributed by atoms with E-state index in [9.17, 15) is 9.59 Å². The Morgan fingerprint density at radius 3 is 2.69 bits per heavy atom. The number of rotatable bonds is 4. The van der Waals surface area contributed by atoms with Gasteiger partial charge in [0, 0.05) is 12.0 Å². The minimum absolute atomic E-state index is 0.0350. The molecule has 4 heteroatoms.